The third-order valence-electron chi connectivity index (χ3n) is 2.66. The molecule has 0 aromatic heterocycles. The zero-order valence-electron chi connectivity index (χ0n) is 12.6. The van der Waals surface area contributed by atoms with Crippen molar-refractivity contribution in [3.63, 3.8) is 0 Å². The molecule has 0 radical (unpaired) electrons. The fourth-order valence-corrected chi connectivity index (χ4v) is 1.27. The number of methoxy groups -OCH3 is 1. The van der Waals surface area contributed by atoms with Gasteiger partial charge in [-0.25, -0.2) is 4.79 Å². The van der Waals surface area contributed by atoms with Gasteiger partial charge in [0.25, 0.3) is 0 Å². The van der Waals surface area contributed by atoms with Crippen LogP contribution in [-0.4, -0.2) is 50.5 Å². The largest absolute Gasteiger partial charge is 0.490 e. The summed E-state index contributed by atoms with van der Waals surface area (Å²) in [6, 6.07) is 0. The molecule has 0 saturated heterocycles. The number of hydrogen-bond acceptors (Lipinski definition) is 5. The van der Waals surface area contributed by atoms with Gasteiger partial charge in [-0.15, -0.1) is 0 Å². The molecule has 124 valence electrons. The summed E-state index contributed by atoms with van der Waals surface area (Å²) in [7, 11) is 1.47. The second-order valence-electron chi connectivity index (χ2n) is 5.19. The number of halogens is 3. The Labute approximate surface area is 121 Å². The molecule has 0 N–H and O–H groups in total. The minimum atomic E-state index is -5.00. The highest BCUT2D eigenvalue weighted by atomic mass is 19.4. The average molecular weight is 314 g/mol. The van der Waals surface area contributed by atoms with Gasteiger partial charge < -0.3 is 14.2 Å². The molecule has 1 unspecified atom stereocenters. The Balaban J connectivity index is 4.14. The molecular weight excluding hydrogens is 293 g/mol. The summed E-state index contributed by atoms with van der Waals surface area (Å²) in [5.74, 6) is -2.88. The van der Waals surface area contributed by atoms with Crippen LogP contribution in [0.2, 0.25) is 0 Å². The Bertz CT molecular complexity index is 352. The van der Waals surface area contributed by atoms with Crippen molar-refractivity contribution in [2.45, 2.75) is 39.0 Å². The molecule has 0 aliphatic heterocycles. The molecule has 0 heterocycles. The van der Waals surface area contributed by atoms with Gasteiger partial charge in [0.1, 0.15) is 5.60 Å². The molecule has 0 amide bonds. The van der Waals surface area contributed by atoms with Gasteiger partial charge in [-0.2, -0.15) is 13.2 Å². The summed E-state index contributed by atoms with van der Waals surface area (Å²) in [5, 5.41) is 0. The number of Topliss-reactive ketones (excluding diaryl/α,β-unsaturated/α-hetero) is 1. The van der Waals surface area contributed by atoms with Crippen LogP contribution in [0.3, 0.4) is 0 Å². The molecule has 0 rings (SSSR count). The van der Waals surface area contributed by atoms with Gasteiger partial charge in [-0.1, -0.05) is 6.92 Å². The molecule has 0 saturated carbocycles. The second kappa shape index (κ2) is 8.33. The quantitative estimate of drug-likeness (QED) is 0.610. The molecule has 0 spiro atoms. The third kappa shape index (κ3) is 8.01. The molecule has 21 heavy (non-hydrogen) atoms. The predicted octanol–water partition coefficient (Wildman–Crippen LogP) is 2.13. The maximum absolute atomic E-state index is 11.9. The molecule has 0 aromatic rings. The predicted molar refractivity (Wildman–Crippen MR) is 67.7 cm³/mol. The first-order valence-electron chi connectivity index (χ1n) is 6.41. The molecule has 0 bridgehead atoms. The molecule has 0 aliphatic rings. The minimum absolute atomic E-state index is 0.00312. The lowest BCUT2D eigenvalue weighted by Crippen LogP contribution is -2.37. The molecule has 1 atom stereocenters. The number of ketones is 1. The van der Waals surface area contributed by atoms with E-state index in [9.17, 15) is 22.8 Å². The maximum Gasteiger partial charge on any atom is 0.490 e. The number of hydrogen-bond donors (Lipinski definition) is 0. The van der Waals surface area contributed by atoms with Crippen molar-refractivity contribution in [1.29, 1.82) is 0 Å². The minimum Gasteiger partial charge on any atom is -0.459 e. The van der Waals surface area contributed by atoms with Crippen molar-refractivity contribution in [3.05, 3.63) is 0 Å². The normalized spacial score (nSPS) is 13.9. The second-order valence-corrected chi connectivity index (χ2v) is 5.19. The van der Waals surface area contributed by atoms with Gasteiger partial charge in [-0.05, 0) is 13.8 Å². The van der Waals surface area contributed by atoms with E-state index >= 15 is 0 Å². The first-order chi connectivity index (χ1) is 9.50. The number of esters is 1. The fourth-order valence-electron chi connectivity index (χ4n) is 1.27. The summed E-state index contributed by atoms with van der Waals surface area (Å²) in [6.45, 7) is 4.53. The SMILES string of the molecule is COCCC(=O)C(C)(C)OCC(C)COC(=O)C(F)(F)F. The van der Waals surface area contributed by atoms with E-state index in [1.54, 1.807) is 20.8 Å². The highest BCUT2D eigenvalue weighted by molar-refractivity contribution is 5.86. The molecule has 0 aliphatic carbocycles. The van der Waals surface area contributed by atoms with Crippen molar-refractivity contribution in [3.8, 4) is 0 Å². The smallest absolute Gasteiger partial charge is 0.459 e. The van der Waals surface area contributed by atoms with E-state index in [4.69, 9.17) is 9.47 Å². The van der Waals surface area contributed by atoms with Gasteiger partial charge in [0.15, 0.2) is 5.78 Å². The summed E-state index contributed by atoms with van der Waals surface area (Å²) >= 11 is 0. The van der Waals surface area contributed by atoms with Crippen LogP contribution in [0.25, 0.3) is 0 Å². The molecule has 0 aromatic carbocycles. The molecule has 8 heteroatoms. The Kier molecular flexibility index (Phi) is 7.87. The maximum atomic E-state index is 11.9. The molecular formula is C13H21F3O5. The van der Waals surface area contributed by atoms with Crippen molar-refractivity contribution in [2.75, 3.05) is 26.9 Å². The average Bonchev–Trinajstić information content (AvgIpc) is 2.38. The lowest BCUT2D eigenvalue weighted by Gasteiger charge is -2.25. The Hall–Kier alpha value is -1.15. The van der Waals surface area contributed by atoms with Crippen LogP contribution in [0.4, 0.5) is 13.2 Å². The topological polar surface area (TPSA) is 61.8 Å². The van der Waals surface area contributed by atoms with E-state index in [0.717, 1.165) is 0 Å². The highest BCUT2D eigenvalue weighted by Crippen LogP contribution is 2.18. The molecule has 0 fully saturated rings. The number of alkyl halides is 3. The summed E-state index contributed by atoms with van der Waals surface area (Å²) in [6.07, 6.45) is -4.82. The van der Waals surface area contributed by atoms with E-state index in [2.05, 4.69) is 4.74 Å². The molecule has 5 nitrogen and oxygen atoms in total. The van der Waals surface area contributed by atoms with Gasteiger partial charge >= 0.3 is 12.1 Å². The van der Waals surface area contributed by atoms with Crippen LogP contribution < -0.4 is 0 Å². The van der Waals surface area contributed by atoms with Crippen LogP contribution in [0.15, 0.2) is 0 Å². The summed E-state index contributed by atoms with van der Waals surface area (Å²) < 4.78 is 50.1. The van der Waals surface area contributed by atoms with Crippen molar-refractivity contribution in [1.82, 2.24) is 0 Å². The van der Waals surface area contributed by atoms with Crippen LogP contribution in [0.1, 0.15) is 27.2 Å². The lowest BCUT2D eigenvalue weighted by molar-refractivity contribution is -0.201. The first-order valence-corrected chi connectivity index (χ1v) is 6.41. The van der Waals surface area contributed by atoms with Crippen LogP contribution in [0.5, 0.6) is 0 Å². The Morgan fingerprint density at radius 1 is 1.14 bits per heavy atom. The number of ether oxygens (including phenoxy) is 3. The number of carbonyl (C=O) groups excluding carboxylic acids is 2. The van der Waals surface area contributed by atoms with Crippen LogP contribution >= 0.6 is 0 Å². The standard InChI is InChI=1S/C13H21F3O5/c1-9(7-20-11(18)13(14,15)16)8-21-12(2,3)10(17)5-6-19-4/h9H,5-8H2,1-4H3. The summed E-state index contributed by atoms with van der Waals surface area (Å²) in [5.41, 5.74) is -1.07. The third-order valence-corrected chi connectivity index (χ3v) is 2.66. The number of rotatable bonds is 9. The van der Waals surface area contributed by atoms with Gasteiger partial charge in [0, 0.05) is 19.4 Å². The van der Waals surface area contributed by atoms with Crippen LogP contribution in [0, 0.1) is 5.92 Å². The van der Waals surface area contributed by atoms with E-state index in [1.807, 2.05) is 0 Å². The van der Waals surface area contributed by atoms with Gasteiger partial charge in [-0.3, -0.25) is 4.79 Å². The zero-order valence-corrected chi connectivity index (χ0v) is 12.6. The van der Waals surface area contributed by atoms with E-state index in [0.29, 0.717) is 0 Å². The van der Waals surface area contributed by atoms with Gasteiger partial charge in [0.05, 0.1) is 19.8 Å². The summed E-state index contributed by atoms with van der Waals surface area (Å²) in [4.78, 5) is 22.3. The van der Waals surface area contributed by atoms with Gasteiger partial charge in [0.2, 0.25) is 0 Å². The highest BCUT2D eigenvalue weighted by Gasteiger charge is 2.41. The first kappa shape index (κ1) is 19.9. The van der Waals surface area contributed by atoms with Crippen molar-refractivity contribution < 1.29 is 37.0 Å². The van der Waals surface area contributed by atoms with E-state index in [-0.39, 0.29) is 25.4 Å². The fraction of sp³-hybridized carbons (Fsp3) is 0.846. The van der Waals surface area contributed by atoms with E-state index in [1.165, 1.54) is 7.11 Å². The van der Waals surface area contributed by atoms with Crippen molar-refractivity contribution in [2.24, 2.45) is 5.92 Å². The van der Waals surface area contributed by atoms with E-state index < -0.39 is 30.3 Å². The number of carbonyl (C=O) groups is 2. The van der Waals surface area contributed by atoms with Crippen LogP contribution in [-0.2, 0) is 23.8 Å². The monoisotopic (exact) mass is 314 g/mol. The Morgan fingerprint density at radius 2 is 1.71 bits per heavy atom. The van der Waals surface area contributed by atoms with Crippen molar-refractivity contribution >= 4 is 11.8 Å². The lowest BCUT2D eigenvalue weighted by atomic mass is 10.0. The zero-order chi connectivity index (χ0) is 16.7. The Morgan fingerprint density at radius 3 is 2.19 bits per heavy atom.